The van der Waals surface area contributed by atoms with Gasteiger partial charge < -0.3 is 9.88 Å². The molecule has 1 saturated heterocycles. The van der Waals surface area contributed by atoms with Gasteiger partial charge in [-0.1, -0.05) is 30.3 Å². The number of sulfonamides is 1. The number of aromatic nitrogens is 1. The molecular weight excluding hydrogens is 426 g/mol. The minimum absolute atomic E-state index is 0.00709. The number of nitrogens with one attached hydrogen (secondary N) is 1. The van der Waals surface area contributed by atoms with Gasteiger partial charge in [-0.25, -0.2) is 8.42 Å². The van der Waals surface area contributed by atoms with Crippen LogP contribution in [0.25, 0.3) is 10.9 Å². The molecule has 0 saturated carbocycles. The third-order valence-corrected chi connectivity index (χ3v) is 7.84. The molecule has 0 radical (unpaired) electrons. The van der Waals surface area contributed by atoms with Gasteiger partial charge in [-0.15, -0.1) is 0 Å². The number of H-pyrrole nitrogens is 1. The van der Waals surface area contributed by atoms with Gasteiger partial charge in [0, 0.05) is 37.8 Å². The fourth-order valence-corrected chi connectivity index (χ4v) is 5.77. The first-order chi connectivity index (χ1) is 15.4. The molecular formula is C24H27N3O4S. The summed E-state index contributed by atoms with van der Waals surface area (Å²) in [6, 6.07) is 17.5. The lowest BCUT2D eigenvalue weighted by atomic mass is 9.98. The van der Waals surface area contributed by atoms with E-state index in [0.29, 0.717) is 43.4 Å². The SMILES string of the molecule is CCN(Cc1ccccc1)C(=O)[C@H]1CCCN(S(=O)(=O)c2ccc3[nH]c(=O)ccc3c2)C1. The highest BCUT2D eigenvalue weighted by Crippen LogP contribution is 2.27. The van der Waals surface area contributed by atoms with Gasteiger partial charge in [-0.2, -0.15) is 4.31 Å². The molecule has 1 atom stereocenters. The van der Waals surface area contributed by atoms with Crippen LogP contribution in [0.2, 0.25) is 0 Å². The monoisotopic (exact) mass is 453 g/mol. The average Bonchev–Trinajstić information content (AvgIpc) is 2.82. The number of hydrogen-bond donors (Lipinski definition) is 1. The number of piperidine rings is 1. The van der Waals surface area contributed by atoms with Crippen molar-refractivity contribution in [2.24, 2.45) is 5.92 Å². The Morgan fingerprint density at radius 2 is 1.91 bits per heavy atom. The van der Waals surface area contributed by atoms with Gasteiger partial charge in [0.05, 0.1) is 10.8 Å². The Bertz CT molecular complexity index is 1270. The second-order valence-corrected chi connectivity index (χ2v) is 10.0. The first kappa shape index (κ1) is 22.2. The topological polar surface area (TPSA) is 90.6 Å². The van der Waals surface area contributed by atoms with Crippen molar-refractivity contribution in [3.63, 3.8) is 0 Å². The maximum atomic E-state index is 13.3. The number of nitrogens with zero attached hydrogens (tertiary/aromatic N) is 2. The van der Waals surface area contributed by atoms with E-state index in [9.17, 15) is 18.0 Å². The maximum Gasteiger partial charge on any atom is 0.248 e. The van der Waals surface area contributed by atoms with Gasteiger partial charge in [0.2, 0.25) is 21.5 Å². The number of amides is 1. The molecule has 0 unspecified atom stereocenters. The van der Waals surface area contributed by atoms with Crippen LogP contribution < -0.4 is 5.56 Å². The predicted molar refractivity (Wildman–Crippen MR) is 124 cm³/mol. The van der Waals surface area contributed by atoms with Crippen LogP contribution in [0.1, 0.15) is 25.3 Å². The van der Waals surface area contributed by atoms with Gasteiger partial charge in [-0.3, -0.25) is 9.59 Å². The number of carbonyl (C=O) groups is 1. The molecule has 1 N–H and O–H groups in total. The summed E-state index contributed by atoms with van der Waals surface area (Å²) < 4.78 is 28.1. The molecule has 0 aliphatic carbocycles. The first-order valence-electron chi connectivity index (χ1n) is 10.8. The second-order valence-electron chi connectivity index (χ2n) is 8.11. The lowest BCUT2D eigenvalue weighted by Gasteiger charge is -2.34. The zero-order chi connectivity index (χ0) is 22.7. The van der Waals surface area contributed by atoms with Crippen molar-refractivity contribution in [1.29, 1.82) is 0 Å². The van der Waals surface area contributed by atoms with Crippen LogP contribution in [0.5, 0.6) is 0 Å². The zero-order valence-corrected chi connectivity index (χ0v) is 18.8. The summed E-state index contributed by atoms with van der Waals surface area (Å²) in [5.74, 6) is -0.369. The Morgan fingerprint density at radius 1 is 1.12 bits per heavy atom. The van der Waals surface area contributed by atoms with E-state index in [1.165, 1.54) is 16.4 Å². The number of pyridine rings is 1. The standard InChI is InChI=1S/C24H27N3O4S/c1-2-26(16-18-7-4-3-5-8-18)24(29)20-9-6-14-27(17-20)32(30,31)21-11-12-22-19(15-21)10-13-23(28)25-22/h3-5,7-8,10-13,15,20H,2,6,9,14,16-17H2,1H3,(H,25,28)/t20-/m0/s1. The van der Waals surface area contributed by atoms with E-state index in [1.807, 2.05) is 37.3 Å². The van der Waals surface area contributed by atoms with Crippen LogP contribution in [0.3, 0.4) is 0 Å². The number of carbonyl (C=O) groups excluding carboxylic acids is 1. The van der Waals surface area contributed by atoms with Gasteiger partial charge in [0.1, 0.15) is 0 Å². The zero-order valence-electron chi connectivity index (χ0n) is 18.0. The normalized spacial score (nSPS) is 17.3. The van der Waals surface area contributed by atoms with Crippen LogP contribution in [0.15, 0.2) is 70.4 Å². The Labute approximate surface area is 187 Å². The van der Waals surface area contributed by atoms with Gasteiger partial charge in [0.15, 0.2) is 0 Å². The summed E-state index contributed by atoms with van der Waals surface area (Å²) in [6.45, 7) is 3.59. The van der Waals surface area contributed by atoms with Gasteiger partial charge in [-0.05, 0) is 55.0 Å². The van der Waals surface area contributed by atoms with Crippen LogP contribution >= 0.6 is 0 Å². The summed E-state index contributed by atoms with van der Waals surface area (Å²) in [4.78, 5) is 29.4. The summed E-state index contributed by atoms with van der Waals surface area (Å²) in [5.41, 5.74) is 1.40. The first-order valence-corrected chi connectivity index (χ1v) is 12.3. The van der Waals surface area contributed by atoms with Crippen molar-refractivity contribution < 1.29 is 13.2 Å². The number of fused-ring (bicyclic) bond motifs is 1. The molecule has 4 rings (SSSR count). The smallest absolute Gasteiger partial charge is 0.248 e. The minimum atomic E-state index is -3.75. The Morgan fingerprint density at radius 3 is 2.66 bits per heavy atom. The predicted octanol–water partition coefficient (Wildman–Crippen LogP) is 2.98. The van der Waals surface area contributed by atoms with Crippen molar-refractivity contribution in [2.45, 2.75) is 31.2 Å². The van der Waals surface area contributed by atoms with Crippen molar-refractivity contribution in [3.05, 3.63) is 76.6 Å². The third-order valence-electron chi connectivity index (χ3n) is 5.98. The Kier molecular flexibility index (Phi) is 6.43. The highest BCUT2D eigenvalue weighted by Gasteiger charge is 2.35. The molecule has 1 fully saturated rings. The molecule has 0 spiro atoms. The summed E-state index contributed by atoms with van der Waals surface area (Å²) in [7, 11) is -3.75. The molecule has 0 bridgehead atoms. The van der Waals surface area contributed by atoms with E-state index in [-0.39, 0.29) is 28.8 Å². The molecule has 2 heterocycles. The number of aromatic amines is 1. The molecule has 32 heavy (non-hydrogen) atoms. The van der Waals surface area contributed by atoms with Crippen molar-refractivity contribution in [2.75, 3.05) is 19.6 Å². The highest BCUT2D eigenvalue weighted by molar-refractivity contribution is 7.89. The number of rotatable bonds is 6. The molecule has 1 aliphatic rings. The van der Waals surface area contributed by atoms with E-state index in [1.54, 1.807) is 23.1 Å². The molecule has 1 aliphatic heterocycles. The molecule has 7 nitrogen and oxygen atoms in total. The molecule has 3 aromatic rings. The molecule has 1 amide bonds. The second kappa shape index (κ2) is 9.26. The quantitative estimate of drug-likeness (QED) is 0.621. The van der Waals surface area contributed by atoms with E-state index in [2.05, 4.69) is 4.98 Å². The van der Waals surface area contributed by atoms with Gasteiger partial charge in [0.25, 0.3) is 0 Å². The average molecular weight is 454 g/mol. The summed E-state index contributed by atoms with van der Waals surface area (Å²) >= 11 is 0. The van der Waals surface area contributed by atoms with Crippen molar-refractivity contribution >= 4 is 26.8 Å². The Balaban J connectivity index is 1.53. The van der Waals surface area contributed by atoms with Crippen LogP contribution in [-0.2, 0) is 21.4 Å². The summed E-state index contributed by atoms with van der Waals surface area (Å²) in [5, 5.41) is 0.648. The maximum absolute atomic E-state index is 13.3. The van der Waals surface area contributed by atoms with Crippen LogP contribution in [0.4, 0.5) is 0 Å². The third kappa shape index (κ3) is 4.61. The van der Waals surface area contributed by atoms with E-state index in [0.717, 1.165) is 5.56 Å². The van der Waals surface area contributed by atoms with E-state index < -0.39 is 10.0 Å². The molecule has 2 aromatic carbocycles. The Hall–Kier alpha value is -2.97. The van der Waals surface area contributed by atoms with E-state index in [4.69, 9.17) is 0 Å². The van der Waals surface area contributed by atoms with Crippen LogP contribution in [-0.4, -0.2) is 48.1 Å². The highest BCUT2D eigenvalue weighted by atomic mass is 32.2. The molecule has 1 aromatic heterocycles. The fourth-order valence-electron chi connectivity index (χ4n) is 4.21. The largest absolute Gasteiger partial charge is 0.338 e. The lowest BCUT2D eigenvalue weighted by molar-refractivity contribution is -0.137. The van der Waals surface area contributed by atoms with Crippen molar-refractivity contribution in [1.82, 2.24) is 14.2 Å². The van der Waals surface area contributed by atoms with E-state index >= 15 is 0 Å². The minimum Gasteiger partial charge on any atom is -0.338 e. The number of benzene rings is 2. The molecule has 8 heteroatoms. The van der Waals surface area contributed by atoms with Crippen LogP contribution in [0, 0.1) is 5.92 Å². The fraction of sp³-hybridized carbons (Fsp3) is 0.333. The lowest BCUT2D eigenvalue weighted by Crippen LogP contribution is -2.46. The van der Waals surface area contributed by atoms with Crippen molar-refractivity contribution in [3.8, 4) is 0 Å². The number of hydrogen-bond acceptors (Lipinski definition) is 4. The summed E-state index contributed by atoms with van der Waals surface area (Å²) in [6.07, 6.45) is 1.31. The molecule has 168 valence electrons. The van der Waals surface area contributed by atoms with Gasteiger partial charge >= 0.3 is 0 Å².